The van der Waals surface area contributed by atoms with Gasteiger partial charge in [-0.2, -0.15) is 0 Å². The van der Waals surface area contributed by atoms with Crippen molar-refractivity contribution < 1.29 is 9.90 Å². The Balaban J connectivity index is 3.37. The third-order valence-corrected chi connectivity index (χ3v) is 2.23. The van der Waals surface area contributed by atoms with Gasteiger partial charge >= 0.3 is 5.97 Å². The van der Waals surface area contributed by atoms with Gasteiger partial charge in [-0.3, -0.25) is 4.79 Å². The molecule has 0 aliphatic carbocycles. The predicted molar refractivity (Wildman–Crippen MR) is 49.0 cm³/mol. The molecule has 0 saturated carbocycles. The van der Waals surface area contributed by atoms with Gasteiger partial charge in [0.2, 0.25) is 0 Å². The van der Waals surface area contributed by atoms with Crippen LogP contribution in [0.5, 0.6) is 0 Å². The number of halogens is 1. The van der Waals surface area contributed by atoms with Crippen molar-refractivity contribution in [1.29, 1.82) is 0 Å². The second kappa shape index (κ2) is 5.58. The lowest BCUT2D eigenvalue weighted by Crippen LogP contribution is -2.07. The summed E-state index contributed by atoms with van der Waals surface area (Å²) in [7, 11) is 0. The molecule has 0 aromatic rings. The average Bonchev–Trinajstić information content (AvgIpc) is 1.82. The molecule has 66 valence electrons. The van der Waals surface area contributed by atoms with Gasteiger partial charge in [-0.05, 0) is 18.8 Å². The van der Waals surface area contributed by atoms with Crippen LogP contribution in [-0.2, 0) is 4.79 Å². The van der Waals surface area contributed by atoms with E-state index in [9.17, 15) is 4.79 Å². The maximum Gasteiger partial charge on any atom is 0.304 e. The number of carboxylic acids is 1. The molecular weight excluding hydrogens is 208 g/mol. The van der Waals surface area contributed by atoms with E-state index in [4.69, 9.17) is 5.11 Å². The van der Waals surface area contributed by atoms with Gasteiger partial charge in [-0.25, -0.2) is 0 Å². The minimum absolute atomic E-state index is 0.141. The van der Waals surface area contributed by atoms with Crippen molar-refractivity contribution in [1.82, 2.24) is 0 Å². The number of hydrogen-bond donors (Lipinski definition) is 1. The van der Waals surface area contributed by atoms with E-state index in [1.54, 1.807) is 0 Å². The van der Waals surface area contributed by atoms with Crippen molar-refractivity contribution in [3.05, 3.63) is 0 Å². The van der Waals surface area contributed by atoms with Crippen LogP contribution in [0, 0.1) is 5.92 Å². The number of hydrogen-bond acceptors (Lipinski definition) is 1. The highest BCUT2D eigenvalue weighted by Gasteiger charge is 2.09. The van der Waals surface area contributed by atoms with Gasteiger partial charge < -0.3 is 5.11 Å². The molecule has 0 aromatic carbocycles. The van der Waals surface area contributed by atoms with Crippen LogP contribution in [0.25, 0.3) is 0 Å². The van der Waals surface area contributed by atoms with Crippen molar-refractivity contribution in [2.45, 2.75) is 37.9 Å². The fourth-order valence-corrected chi connectivity index (χ4v) is 1.35. The Labute approximate surface area is 76.1 Å². The van der Waals surface area contributed by atoms with Crippen LogP contribution in [-0.4, -0.2) is 15.9 Å². The summed E-state index contributed by atoms with van der Waals surface area (Å²) in [4.78, 5) is 10.4. The number of carboxylic acid groups (broad SMARTS) is 1. The first-order valence-electron chi connectivity index (χ1n) is 3.88. The monoisotopic (exact) mass is 222 g/mol. The van der Waals surface area contributed by atoms with Crippen LogP contribution in [0.15, 0.2) is 0 Å². The Morgan fingerprint density at radius 3 is 2.36 bits per heavy atom. The molecule has 0 fully saturated rings. The van der Waals surface area contributed by atoms with E-state index in [1.807, 2.05) is 0 Å². The van der Waals surface area contributed by atoms with Crippen LogP contribution in [0.3, 0.4) is 0 Å². The topological polar surface area (TPSA) is 37.3 Å². The molecule has 0 bridgehead atoms. The molecule has 0 aliphatic heterocycles. The highest BCUT2D eigenvalue weighted by atomic mass is 79.9. The summed E-state index contributed by atoms with van der Waals surface area (Å²) in [6.45, 7) is 4.28. The van der Waals surface area contributed by atoms with E-state index in [0.717, 1.165) is 12.8 Å². The lowest BCUT2D eigenvalue weighted by molar-refractivity contribution is -0.136. The zero-order valence-electron chi connectivity index (χ0n) is 7.01. The third kappa shape index (κ3) is 7.85. The van der Waals surface area contributed by atoms with Crippen molar-refractivity contribution in [3.63, 3.8) is 0 Å². The lowest BCUT2D eigenvalue weighted by atomic mass is 10.1. The molecule has 0 heterocycles. The van der Waals surface area contributed by atoms with Crippen molar-refractivity contribution in [3.8, 4) is 0 Å². The number of rotatable bonds is 5. The Hall–Kier alpha value is -0.0500. The van der Waals surface area contributed by atoms with E-state index >= 15 is 0 Å². The Morgan fingerprint density at radius 2 is 2.00 bits per heavy atom. The standard InChI is InChI=1S/C8H15BrO2/c1-6(2)3-4-7(9)5-8(10)11/h6-7H,3-5H2,1-2H3,(H,10,11). The van der Waals surface area contributed by atoms with Gasteiger partial charge in [0.05, 0.1) is 6.42 Å². The maximum absolute atomic E-state index is 10.2. The lowest BCUT2D eigenvalue weighted by Gasteiger charge is -2.08. The first-order valence-corrected chi connectivity index (χ1v) is 4.79. The second-order valence-electron chi connectivity index (χ2n) is 3.17. The highest BCUT2D eigenvalue weighted by Crippen LogP contribution is 2.15. The molecular formula is C8H15BrO2. The van der Waals surface area contributed by atoms with E-state index in [1.165, 1.54) is 0 Å². The van der Waals surface area contributed by atoms with Crippen molar-refractivity contribution in [2.24, 2.45) is 5.92 Å². The highest BCUT2D eigenvalue weighted by molar-refractivity contribution is 9.09. The van der Waals surface area contributed by atoms with E-state index in [2.05, 4.69) is 29.8 Å². The van der Waals surface area contributed by atoms with E-state index in [0.29, 0.717) is 5.92 Å². The first kappa shape index (κ1) is 11.0. The largest absolute Gasteiger partial charge is 0.481 e. The van der Waals surface area contributed by atoms with E-state index < -0.39 is 5.97 Å². The zero-order chi connectivity index (χ0) is 8.85. The van der Waals surface area contributed by atoms with Crippen LogP contribution >= 0.6 is 15.9 Å². The van der Waals surface area contributed by atoms with Crippen molar-refractivity contribution in [2.75, 3.05) is 0 Å². The summed E-state index contributed by atoms with van der Waals surface area (Å²) in [5.41, 5.74) is 0. The number of carbonyl (C=O) groups is 1. The smallest absolute Gasteiger partial charge is 0.304 e. The number of aliphatic carboxylic acids is 1. The molecule has 0 saturated heterocycles. The fourth-order valence-electron chi connectivity index (χ4n) is 0.806. The van der Waals surface area contributed by atoms with Crippen LogP contribution < -0.4 is 0 Å². The molecule has 11 heavy (non-hydrogen) atoms. The molecule has 0 amide bonds. The molecule has 0 aromatic heterocycles. The predicted octanol–water partition coefficient (Wildman–Crippen LogP) is 2.66. The van der Waals surface area contributed by atoms with Crippen LogP contribution in [0.1, 0.15) is 33.1 Å². The average molecular weight is 223 g/mol. The maximum atomic E-state index is 10.2. The molecule has 0 radical (unpaired) electrons. The molecule has 0 rings (SSSR count). The van der Waals surface area contributed by atoms with Gasteiger partial charge in [-0.15, -0.1) is 0 Å². The summed E-state index contributed by atoms with van der Waals surface area (Å²) in [6, 6.07) is 0. The Bertz CT molecular complexity index is 123. The second-order valence-corrected chi connectivity index (χ2v) is 4.46. The van der Waals surface area contributed by atoms with Gasteiger partial charge in [0, 0.05) is 4.83 Å². The third-order valence-electron chi connectivity index (χ3n) is 1.45. The van der Waals surface area contributed by atoms with Gasteiger partial charge in [-0.1, -0.05) is 29.8 Å². The summed E-state index contributed by atoms with van der Waals surface area (Å²) in [5.74, 6) is -0.0699. The van der Waals surface area contributed by atoms with Gasteiger partial charge in [0.25, 0.3) is 0 Å². The zero-order valence-corrected chi connectivity index (χ0v) is 8.60. The summed E-state index contributed by atoms with van der Waals surface area (Å²) in [6.07, 6.45) is 2.26. The molecule has 1 atom stereocenters. The minimum Gasteiger partial charge on any atom is -0.481 e. The molecule has 1 N–H and O–H groups in total. The van der Waals surface area contributed by atoms with Crippen LogP contribution in [0.2, 0.25) is 0 Å². The minimum atomic E-state index is -0.726. The number of alkyl halides is 1. The molecule has 3 heteroatoms. The van der Waals surface area contributed by atoms with Gasteiger partial charge in [0.15, 0.2) is 0 Å². The fraction of sp³-hybridized carbons (Fsp3) is 0.875. The molecule has 0 aliphatic rings. The normalized spacial score (nSPS) is 13.5. The molecule has 1 unspecified atom stereocenters. The quantitative estimate of drug-likeness (QED) is 0.727. The summed E-state index contributed by atoms with van der Waals surface area (Å²) < 4.78 is 0. The van der Waals surface area contributed by atoms with Crippen LogP contribution in [0.4, 0.5) is 0 Å². The van der Waals surface area contributed by atoms with Gasteiger partial charge in [0.1, 0.15) is 0 Å². The Kier molecular flexibility index (Phi) is 5.56. The molecule has 2 nitrogen and oxygen atoms in total. The summed E-state index contributed by atoms with van der Waals surface area (Å²) >= 11 is 3.33. The summed E-state index contributed by atoms with van der Waals surface area (Å²) in [5, 5.41) is 8.42. The SMILES string of the molecule is CC(C)CCC(Br)CC(=O)O. The molecule has 0 spiro atoms. The van der Waals surface area contributed by atoms with Crippen molar-refractivity contribution >= 4 is 21.9 Å². The first-order chi connectivity index (χ1) is 5.02. The van der Waals surface area contributed by atoms with E-state index in [-0.39, 0.29) is 11.2 Å². The Morgan fingerprint density at radius 1 is 1.45 bits per heavy atom.